The van der Waals surface area contributed by atoms with Crippen LogP contribution in [0.4, 0.5) is 11.4 Å². The minimum Gasteiger partial charge on any atom is -0.490 e. The summed E-state index contributed by atoms with van der Waals surface area (Å²) < 4.78 is 11.6. The molecule has 2 aromatic carbocycles. The van der Waals surface area contributed by atoms with Gasteiger partial charge in [0.05, 0.1) is 23.3 Å². The third-order valence-corrected chi connectivity index (χ3v) is 4.48. The molecule has 0 fully saturated rings. The number of carbonyl (C=O) groups excluding carboxylic acids is 2. The predicted molar refractivity (Wildman–Crippen MR) is 133 cm³/mol. The topological polar surface area (TPSA) is 117 Å². The number of nitrogen functional groups attached to an aromatic ring is 1. The first-order valence-electron chi connectivity index (χ1n) is 11.1. The van der Waals surface area contributed by atoms with Crippen molar-refractivity contribution in [2.45, 2.75) is 60.2 Å². The van der Waals surface area contributed by atoms with Crippen LogP contribution in [0.25, 0.3) is 0 Å². The maximum absolute atomic E-state index is 13.2. The maximum Gasteiger partial charge on any atom is 0.252 e. The second kappa shape index (κ2) is 11.4. The van der Waals surface area contributed by atoms with Gasteiger partial charge in [0.25, 0.3) is 5.91 Å². The van der Waals surface area contributed by atoms with Crippen LogP contribution in [-0.2, 0) is 0 Å². The molecule has 0 aliphatic heterocycles. The van der Waals surface area contributed by atoms with Crippen molar-refractivity contribution in [3.05, 3.63) is 59.3 Å². The summed E-state index contributed by atoms with van der Waals surface area (Å²) in [6, 6.07) is 10.1. The van der Waals surface area contributed by atoms with Crippen LogP contribution in [0.2, 0.25) is 0 Å². The van der Waals surface area contributed by atoms with E-state index in [-0.39, 0.29) is 18.0 Å². The SMILES string of the molecule is CC(C)C/C(=C/C(=O)c1ccc(N)cc1OC(C)C)Nc1ccc(C(N)=O)c(OC(C)C)c1. The first-order chi connectivity index (χ1) is 15.5. The standard InChI is InChI=1S/C26H35N3O4/c1-15(2)11-20(13-23(30)21-9-7-18(27)12-24(21)32-16(3)4)29-19-8-10-22(26(28)31)25(14-19)33-17(5)6/h7-10,12-17,29H,11,27H2,1-6H3,(H2,28,31)/b20-13-. The number of primary amides is 1. The highest BCUT2D eigenvalue weighted by molar-refractivity contribution is 6.07. The summed E-state index contributed by atoms with van der Waals surface area (Å²) >= 11 is 0. The quantitative estimate of drug-likeness (QED) is 0.246. The Balaban J connectivity index is 2.41. The Kier molecular flexibility index (Phi) is 8.91. The fraction of sp³-hybridized carbons (Fsp3) is 0.385. The number of amides is 1. The zero-order chi connectivity index (χ0) is 24.7. The van der Waals surface area contributed by atoms with Crippen LogP contribution in [-0.4, -0.2) is 23.9 Å². The van der Waals surface area contributed by atoms with Crippen molar-refractivity contribution in [2.24, 2.45) is 11.7 Å². The largest absolute Gasteiger partial charge is 0.490 e. The number of ketones is 1. The number of anilines is 2. The minimum atomic E-state index is -0.564. The van der Waals surface area contributed by atoms with Crippen LogP contribution < -0.4 is 26.3 Å². The average molecular weight is 454 g/mol. The van der Waals surface area contributed by atoms with Crippen molar-refractivity contribution in [3.8, 4) is 11.5 Å². The molecule has 0 unspecified atom stereocenters. The van der Waals surface area contributed by atoms with E-state index in [1.807, 2.05) is 27.7 Å². The Morgan fingerprint density at radius 2 is 1.48 bits per heavy atom. The monoisotopic (exact) mass is 453 g/mol. The normalized spacial score (nSPS) is 11.7. The number of carbonyl (C=O) groups is 2. The van der Waals surface area contributed by atoms with Crippen molar-refractivity contribution in [1.82, 2.24) is 0 Å². The molecule has 33 heavy (non-hydrogen) atoms. The molecule has 0 saturated heterocycles. The molecule has 0 aliphatic carbocycles. The van der Waals surface area contributed by atoms with Gasteiger partial charge in [-0.05, 0) is 64.3 Å². The van der Waals surface area contributed by atoms with Gasteiger partial charge in [-0.2, -0.15) is 0 Å². The zero-order valence-corrected chi connectivity index (χ0v) is 20.3. The molecule has 0 aliphatic rings. The predicted octanol–water partition coefficient (Wildman–Crippen LogP) is 5.17. The fourth-order valence-corrected chi connectivity index (χ4v) is 3.26. The average Bonchev–Trinajstić information content (AvgIpc) is 2.66. The van der Waals surface area contributed by atoms with E-state index in [0.29, 0.717) is 46.3 Å². The number of ether oxygens (including phenoxy) is 2. The molecule has 0 bridgehead atoms. The van der Waals surface area contributed by atoms with E-state index in [1.165, 1.54) is 0 Å². The van der Waals surface area contributed by atoms with Crippen molar-refractivity contribution < 1.29 is 19.1 Å². The lowest BCUT2D eigenvalue weighted by Gasteiger charge is -2.18. The number of hydrogen-bond donors (Lipinski definition) is 3. The zero-order valence-electron chi connectivity index (χ0n) is 20.3. The van der Waals surface area contributed by atoms with Gasteiger partial charge in [0.1, 0.15) is 11.5 Å². The van der Waals surface area contributed by atoms with Crippen molar-refractivity contribution in [2.75, 3.05) is 11.1 Å². The van der Waals surface area contributed by atoms with E-state index in [1.54, 1.807) is 42.5 Å². The van der Waals surface area contributed by atoms with Crippen molar-refractivity contribution >= 4 is 23.1 Å². The highest BCUT2D eigenvalue weighted by atomic mass is 16.5. The van der Waals surface area contributed by atoms with Crippen LogP contribution in [0, 0.1) is 5.92 Å². The van der Waals surface area contributed by atoms with Gasteiger partial charge in [0, 0.05) is 35.3 Å². The summed E-state index contributed by atoms with van der Waals surface area (Å²) in [5, 5.41) is 3.31. The Morgan fingerprint density at radius 3 is 2.03 bits per heavy atom. The molecule has 0 saturated carbocycles. The van der Waals surface area contributed by atoms with Crippen LogP contribution in [0.3, 0.4) is 0 Å². The summed E-state index contributed by atoms with van der Waals surface area (Å²) in [5.74, 6) is 0.385. The first-order valence-corrected chi connectivity index (χ1v) is 11.1. The summed E-state index contributed by atoms with van der Waals surface area (Å²) in [6.45, 7) is 11.7. The third kappa shape index (κ3) is 7.86. The lowest BCUT2D eigenvalue weighted by molar-refractivity contribution is 0.0993. The van der Waals surface area contributed by atoms with E-state index >= 15 is 0 Å². The number of benzene rings is 2. The van der Waals surface area contributed by atoms with E-state index in [4.69, 9.17) is 20.9 Å². The molecular weight excluding hydrogens is 418 g/mol. The second-order valence-corrected chi connectivity index (χ2v) is 8.92. The lowest BCUT2D eigenvalue weighted by atomic mass is 10.0. The molecule has 0 spiro atoms. The Bertz CT molecular complexity index is 1030. The molecule has 0 atom stereocenters. The highest BCUT2D eigenvalue weighted by Gasteiger charge is 2.16. The van der Waals surface area contributed by atoms with E-state index < -0.39 is 5.91 Å². The molecule has 7 heteroatoms. The van der Waals surface area contributed by atoms with Gasteiger partial charge in [-0.15, -0.1) is 0 Å². The van der Waals surface area contributed by atoms with Gasteiger partial charge >= 0.3 is 0 Å². The summed E-state index contributed by atoms with van der Waals surface area (Å²) in [7, 11) is 0. The minimum absolute atomic E-state index is 0.0984. The smallest absolute Gasteiger partial charge is 0.252 e. The second-order valence-electron chi connectivity index (χ2n) is 8.92. The third-order valence-electron chi connectivity index (χ3n) is 4.48. The molecule has 7 nitrogen and oxygen atoms in total. The lowest BCUT2D eigenvalue weighted by Crippen LogP contribution is -2.16. The number of allylic oxidation sites excluding steroid dienone is 2. The molecule has 0 aromatic heterocycles. The van der Waals surface area contributed by atoms with E-state index in [0.717, 1.165) is 5.70 Å². The molecule has 178 valence electrons. The van der Waals surface area contributed by atoms with Crippen molar-refractivity contribution in [3.63, 3.8) is 0 Å². The number of nitrogens with two attached hydrogens (primary N) is 2. The Morgan fingerprint density at radius 1 is 0.909 bits per heavy atom. The van der Waals surface area contributed by atoms with Gasteiger partial charge in [0.2, 0.25) is 0 Å². The number of hydrogen-bond acceptors (Lipinski definition) is 6. The number of rotatable bonds is 11. The number of nitrogens with one attached hydrogen (secondary N) is 1. The van der Waals surface area contributed by atoms with Crippen LogP contribution in [0.15, 0.2) is 48.2 Å². The van der Waals surface area contributed by atoms with Crippen molar-refractivity contribution in [1.29, 1.82) is 0 Å². The Hall–Kier alpha value is -3.48. The molecular formula is C26H35N3O4. The first kappa shape index (κ1) is 25.8. The molecule has 2 rings (SSSR count). The van der Waals surface area contributed by atoms with Gasteiger partial charge in [-0.1, -0.05) is 13.8 Å². The summed E-state index contributed by atoms with van der Waals surface area (Å²) in [6.07, 6.45) is 1.98. The van der Waals surface area contributed by atoms with Gasteiger partial charge in [-0.3, -0.25) is 9.59 Å². The van der Waals surface area contributed by atoms with Gasteiger partial charge in [-0.25, -0.2) is 0 Å². The van der Waals surface area contributed by atoms with Gasteiger partial charge < -0.3 is 26.3 Å². The molecule has 0 heterocycles. The molecule has 2 aromatic rings. The highest BCUT2D eigenvalue weighted by Crippen LogP contribution is 2.28. The molecule has 5 N–H and O–H groups in total. The van der Waals surface area contributed by atoms with E-state index in [9.17, 15) is 9.59 Å². The van der Waals surface area contributed by atoms with Crippen LogP contribution in [0.1, 0.15) is 68.7 Å². The van der Waals surface area contributed by atoms with Crippen LogP contribution in [0.5, 0.6) is 11.5 Å². The van der Waals surface area contributed by atoms with Crippen LogP contribution >= 0.6 is 0 Å². The molecule has 1 amide bonds. The maximum atomic E-state index is 13.2. The Labute approximate surface area is 196 Å². The van der Waals surface area contributed by atoms with E-state index in [2.05, 4.69) is 19.2 Å². The molecule has 0 radical (unpaired) electrons. The summed E-state index contributed by atoms with van der Waals surface area (Å²) in [4.78, 5) is 24.9. The summed E-state index contributed by atoms with van der Waals surface area (Å²) in [5.41, 5.74) is 14.1. The fourth-order valence-electron chi connectivity index (χ4n) is 3.26. The van der Waals surface area contributed by atoms with Gasteiger partial charge in [0.15, 0.2) is 5.78 Å².